The van der Waals surface area contributed by atoms with E-state index in [1.165, 1.54) is 44.9 Å². The number of nitrogens with zero attached hydrogens (tertiary/aromatic N) is 2. The van der Waals surface area contributed by atoms with Crippen LogP contribution >= 0.6 is 15.9 Å². The highest BCUT2D eigenvalue weighted by Crippen LogP contribution is 2.23. The zero-order chi connectivity index (χ0) is 21.3. The molecule has 0 atom stereocenters. The lowest BCUT2D eigenvalue weighted by Gasteiger charge is -2.06. The average Bonchev–Trinajstić information content (AvgIpc) is 2.78. The van der Waals surface area contributed by atoms with Gasteiger partial charge >= 0.3 is 0 Å². The third-order valence-electron chi connectivity index (χ3n) is 4.77. The second-order valence-corrected chi connectivity index (χ2v) is 8.20. The number of hydrogen-bond donors (Lipinski definition) is 0. The summed E-state index contributed by atoms with van der Waals surface area (Å²) in [6.45, 7) is 3.75. The first-order chi connectivity index (χ1) is 14.8. The normalized spacial score (nSPS) is 11.1. The predicted octanol–water partition coefficient (Wildman–Crippen LogP) is 8.79. The summed E-state index contributed by atoms with van der Waals surface area (Å²) in [6, 6.07) is 15.5. The highest BCUT2D eigenvalue weighted by Gasteiger charge is 1.98. The van der Waals surface area contributed by atoms with Crippen LogP contribution in [0.3, 0.4) is 0 Å². The Morgan fingerprint density at radius 3 is 1.50 bits per heavy atom. The lowest BCUT2D eigenvalue weighted by atomic mass is 10.2. The predicted molar refractivity (Wildman–Crippen MR) is 129 cm³/mol. The molecule has 0 aromatic heterocycles. The van der Waals surface area contributed by atoms with Crippen molar-refractivity contribution in [1.29, 1.82) is 0 Å². The molecule has 0 saturated carbocycles. The van der Waals surface area contributed by atoms with Gasteiger partial charge in [-0.25, -0.2) is 0 Å². The van der Waals surface area contributed by atoms with E-state index in [2.05, 4.69) is 33.1 Å². The summed E-state index contributed by atoms with van der Waals surface area (Å²) in [6.07, 6.45) is 11.0. The monoisotopic (exact) mass is 474 g/mol. The number of alkyl halides is 1. The molecule has 30 heavy (non-hydrogen) atoms. The van der Waals surface area contributed by atoms with E-state index in [9.17, 15) is 0 Å². The van der Waals surface area contributed by atoms with Crippen molar-refractivity contribution in [3.8, 4) is 11.5 Å². The van der Waals surface area contributed by atoms with Gasteiger partial charge in [-0.05, 0) is 67.8 Å². The fourth-order valence-corrected chi connectivity index (χ4v) is 3.37. The Morgan fingerprint density at radius 1 is 0.600 bits per heavy atom. The summed E-state index contributed by atoms with van der Waals surface area (Å²) in [5.41, 5.74) is 1.63. The minimum absolute atomic E-state index is 0.766. The topological polar surface area (TPSA) is 43.2 Å². The molecule has 2 aromatic rings. The Bertz CT molecular complexity index is 702. The van der Waals surface area contributed by atoms with Crippen LogP contribution in [0.5, 0.6) is 11.5 Å². The van der Waals surface area contributed by atoms with Crippen LogP contribution in [0.15, 0.2) is 58.8 Å². The average molecular weight is 475 g/mol. The number of rotatable bonds is 16. The molecule has 0 bridgehead atoms. The standard InChI is InChI=1S/C25H35BrN2O2/c1-2-3-4-9-20-29-24-15-11-22(12-16-24)27-28-23-13-17-25(18-14-23)30-21-10-7-5-6-8-19-26/h11-18H,2-10,19-21H2,1H3. The number of ether oxygens (including phenoxy) is 2. The molecule has 0 N–H and O–H groups in total. The lowest BCUT2D eigenvalue weighted by Crippen LogP contribution is -1.96. The number of azo groups is 1. The molecule has 0 fully saturated rings. The smallest absolute Gasteiger partial charge is 0.119 e. The van der Waals surface area contributed by atoms with Crippen molar-refractivity contribution >= 4 is 27.3 Å². The Balaban J connectivity index is 1.68. The van der Waals surface area contributed by atoms with Gasteiger partial charge in [-0.1, -0.05) is 61.4 Å². The van der Waals surface area contributed by atoms with Gasteiger partial charge in [-0.3, -0.25) is 0 Å². The fourth-order valence-electron chi connectivity index (χ4n) is 2.97. The molecule has 0 aliphatic heterocycles. The van der Waals surface area contributed by atoms with Gasteiger partial charge in [0.25, 0.3) is 0 Å². The van der Waals surface area contributed by atoms with Crippen LogP contribution in [-0.2, 0) is 0 Å². The van der Waals surface area contributed by atoms with E-state index in [0.717, 1.165) is 54.3 Å². The minimum atomic E-state index is 0.766. The fraction of sp³-hybridized carbons (Fsp3) is 0.520. The van der Waals surface area contributed by atoms with Crippen molar-refractivity contribution in [2.75, 3.05) is 18.5 Å². The molecule has 2 rings (SSSR count). The Morgan fingerprint density at radius 2 is 1.03 bits per heavy atom. The molecular formula is C25H35BrN2O2. The van der Waals surface area contributed by atoms with Crippen molar-refractivity contribution in [1.82, 2.24) is 0 Å². The van der Waals surface area contributed by atoms with Crippen molar-refractivity contribution in [2.24, 2.45) is 10.2 Å². The maximum absolute atomic E-state index is 5.80. The molecule has 164 valence electrons. The van der Waals surface area contributed by atoms with Crippen molar-refractivity contribution in [3.63, 3.8) is 0 Å². The SMILES string of the molecule is CCCCCCOc1ccc(N=Nc2ccc(OCCCCCCCBr)cc2)cc1. The first-order valence-electron chi connectivity index (χ1n) is 11.2. The molecule has 5 heteroatoms. The van der Waals surface area contributed by atoms with E-state index in [0.29, 0.717) is 0 Å². The van der Waals surface area contributed by atoms with E-state index in [4.69, 9.17) is 9.47 Å². The molecule has 2 aromatic carbocycles. The molecule has 0 aliphatic carbocycles. The summed E-state index contributed by atoms with van der Waals surface area (Å²) < 4.78 is 11.6. The quantitative estimate of drug-likeness (QED) is 0.138. The zero-order valence-corrected chi connectivity index (χ0v) is 19.8. The van der Waals surface area contributed by atoms with Crippen LogP contribution in [0, 0.1) is 0 Å². The van der Waals surface area contributed by atoms with Crippen LogP contribution in [0.4, 0.5) is 11.4 Å². The number of hydrogen-bond acceptors (Lipinski definition) is 4. The molecule has 0 unspecified atom stereocenters. The molecule has 0 radical (unpaired) electrons. The summed E-state index contributed by atoms with van der Waals surface area (Å²) in [5.74, 6) is 1.77. The molecule has 0 saturated heterocycles. The zero-order valence-electron chi connectivity index (χ0n) is 18.2. The van der Waals surface area contributed by atoms with Gasteiger partial charge in [0.15, 0.2) is 0 Å². The molecule has 0 spiro atoms. The van der Waals surface area contributed by atoms with E-state index < -0.39 is 0 Å². The largest absolute Gasteiger partial charge is 0.494 e. The van der Waals surface area contributed by atoms with Crippen LogP contribution < -0.4 is 9.47 Å². The molecule has 4 nitrogen and oxygen atoms in total. The van der Waals surface area contributed by atoms with Crippen molar-refractivity contribution in [3.05, 3.63) is 48.5 Å². The van der Waals surface area contributed by atoms with Gasteiger partial charge in [-0.2, -0.15) is 10.2 Å². The van der Waals surface area contributed by atoms with Crippen LogP contribution in [0.1, 0.15) is 64.7 Å². The molecular weight excluding hydrogens is 440 g/mol. The highest BCUT2D eigenvalue weighted by atomic mass is 79.9. The second kappa shape index (κ2) is 15.9. The maximum atomic E-state index is 5.80. The minimum Gasteiger partial charge on any atom is -0.494 e. The Labute approximate surface area is 190 Å². The van der Waals surface area contributed by atoms with E-state index >= 15 is 0 Å². The number of unbranched alkanes of at least 4 members (excludes halogenated alkanes) is 7. The molecule has 0 heterocycles. The van der Waals surface area contributed by atoms with Gasteiger partial charge < -0.3 is 9.47 Å². The van der Waals surface area contributed by atoms with Gasteiger partial charge in [-0.15, -0.1) is 0 Å². The lowest BCUT2D eigenvalue weighted by molar-refractivity contribution is 0.304. The maximum Gasteiger partial charge on any atom is 0.119 e. The summed E-state index contributed by atoms with van der Waals surface area (Å²) in [7, 11) is 0. The van der Waals surface area contributed by atoms with Crippen molar-refractivity contribution in [2.45, 2.75) is 64.7 Å². The van der Waals surface area contributed by atoms with E-state index in [1.54, 1.807) is 0 Å². The number of benzene rings is 2. The van der Waals surface area contributed by atoms with E-state index in [1.807, 2.05) is 48.5 Å². The first-order valence-corrected chi connectivity index (χ1v) is 12.4. The summed E-state index contributed by atoms with van der Waals surface area (Å²) >= 11 is 3.47. The van der Waals surface area contributed by atoms with Crippen LogP contribution in [0.2, 0.25) is 0 Å². The van der Waals surface area contributed by atoms with Crippen molar-refractivity contribution < 1.29 is 9.47 Å². The summed E-state index contributed by atoms with van der Waals surface area (Å²) in [5, 5.41) is 9.71. The van der Waals surface area contributed by atoms with Crippen LogP contribution in [0.25, 0.3) is 0 Å². The molecule has 0 aliphatic rings. The van der Waals surface area contributed by atoms with Gasteiger partial charge in [0.1, 0.15) is 11.5 Å². The van der Waals surface area contributed by atoms with Gasteiger partial charge in [0.05, 0.1) is 24.6 Å². The Hall–Kier alpha value is -1.88. The first kappa shape index (κ1) is 24.4. The third kappa shape index (κ3) is 10.8. The third-order valence-corrected chi connectivity index (χ3v) is 5.33. The molecule has 0 amide bonds. The van der Waals surface area contributed by atoms with Crippen LogP contribution in [-0.4, -0.2) is 18.5 Å². The second-order valence-electron chi connectivity index (χ2n) is 7.40. The Kier molecular flexibility index (Phi) is 12.9. The number of halogens is 1. The van der Waals surface area contributed by atoms with E-state index in [-0.39, 0.29) is 0 Å². The van der Waals surface area contributed by atoms with Gasteiger partial charge in [0, 0.05) is 5.33 Å². The highest BCUT2D eigenvalue weighted by molar-refractivity contribution is 9.09. The summed E-state index contributed by atoms with van der Waals surface area (Å²) in [4.78, 5) is 0. The van der Waals surface area contributed by atoms with Gasteiger partial charge in [0.2, 0.25) is 0 Å².